The molecule has 20 heteroatoms. The van der Waals surface area contributed by atoms with Crippen LogP contribution in [0.15, 0.2) is 24.5 Å². The van der Waals surface area contributed by atoms with E-state index in [4.69, 9.17) is 39.2 Å². The Hall–Kier alpha value is -3.23. The second kappa shape index (κ2) is 17.2. The molecule has 2 saturated heterocycles. The van der Waals surface area contributed by atoms with Crippen molar-refractivity contribution in [2.24, 2.45) is 0 Å². The molecule has 248 valence electrons. The van der Waals surface area contributed by atoms with E-state index >= 15 is 0 Å². The molecule has 11 nitrogen and oxygen atoms in total. The average molecular weight is 647 g/mol. The quantitative estimate of drug-likeness (QED) is 0.415. The molecule has 3 N–H and O–H groups in total. The van der Waals surface area contributed by atoms with E-state index in [9.17, 15) is 39.5 Å². The number of pyridine rings is 1. The first-order valence-electron chi connectivity index (χ1n) is 12.0. The fraction of sp³-hybridized carbons (Fsp3) is 0.652. The first kappa shape index (κ1) is 39.8. The topological polar surface area (TPSA) is 150 Å². The number of carboxylic acid groups (broad SMARTS) is 3. The molecule has 2 aliphatic heterocycles. The number of carboxylic acids is 3. The Kier molecular flexibility index (Phi) is 15.9. The maximum atomic E-state index is 10.6. The molecule has 2 aliphatic rings. The highest BCUT2D eigenvalue weighted by Crippen LogP contribution is 2.24. The molecule has 0 aromatic carbocycles. The number of hydrogen-bond acceptors (Lipinski definition) is 8. The largest absolute Gasteiger partial charge is 0.490 e. The van der Waals surface area contributed by atoms with Crippen molar-refractivity contribution in [1.29, 1.82) is 0 Å². The molecule has 1 aromatic rings. The smallest absolute Gasteiger partial charge is 0.475 e. The van der Waals surface area contributed by atoms with Crippen molar-refractivity contribution in [3.05, 3.63) is 30.1 Å². The van der Waals surface area contributed by atoms with Gasteiger partial charge in [-0.1, -0.05) is 0 Å². The van der Waals surface area contributed by atoms with Gasteiger partial charge >= 0.3 is 36.4 Å². The zero-order valence-electron chi connectivity index (χ0n) is 22.7. The Morgan fingerprint density at radius 3 is 1.67 bits per heavy atom. The molecule has 0 radical (unpaired) electrons. The zero-order chi connectivity index (χ0) is 33.6. The van der Waals surface area contributed by atoms with E-state index in [2.05, 4.69) is 40.8 Å². The Labute approximate surface area is 238 Å². The minimum Gasteiger partial charge on any atom is -0.475 e. The summed E-state index contributed by atoms with van der Waals surface area (Å²) < 4.78 is 107. The first-order chi connectivity index (χ1) is 19.5. The number of ether oxygens (including phenoxy) is 2. The van der Waals surface area contributed by atoms with Crippen LogP contribution in [0.2, 0.25) is 0 Å². The highest BCUT2D eigenvalue weighted by Gasteiger charge is 2.41. The Bertz CT molecular complexity index is 951. The van der Waals surface area contributed by atoms with Crippen molar-refractivity contribution >= 4 is 17.9 Å². The lowest BCUT2D eigenvalue weighted by molar-refractivity contribution is -0.193. The van der Waals surface area contributed by atoms with E-state index in [1.54, 1.807) is 0 Å². The summed E-state index contributed by atoms with van der Waals surface area (Å²) in [5.41, 5.74) is 1.12. The Balaban J connectivity index is 0.000000690. The molecule has 3 rings (SSSR count). The van der Waals surface area contributed by atoms with Crippen LogP contribution in [0.3, 0.4) is 0 Å². The van der Waals surface area contributed by atoms with Crippen molar-refractivity contribution in [2.75, 3.05) is 46.0 Å². The van der Waals surface area contributed by atoms with Gasteiger partial charge in [0, 0.05) is 51.2 Å². The second-order valence-electron chi connectivity index (χ2n) is 9.12. The molecule has 1 unspecified atom stereocenters. The van der Waals surface area contributed by atoms with Crippen LogP contribution in [0.5, 0.6) is 0 Å². The van der Waals surface area contributed by atoms with Crippen molar-refractivity contribution in [3.8, 4) is 0 Å². The number of alkyl halides is 9. The monoisotopic (exact) mass is 647 g/mol. The number of aromatic nitrogens is 1. The molecule has 3 heterocycles. The molecule has 1 aromatic heterocycles. The summed E-state index contributed by atoms with van der Waals surface area (Å²) in [5.74, 6) is -8.27. The van der Waals surface area contributed by atoms with Gasteiger partial charge in [-0.25, -0.2) is 14.4 Å². The van der Waals surface area contributed by atoms with Crippen LogP contribution >= 0.6 is 0 Å². The number of rotatable bonds is 3. The number of aliphatic carboxylic acids is 3. The first-order valence-corrected chi connectivity index (χ1v) is 12.0. The third-order valence-electron chi connectivity index (χ3n) is 5.32. The van der Waals surface area contributed by atoms with E-state index in [0.717, 1.165) is 45.9 Å². The zero-order valence-corrected chi connectivity index (χ0v) is 22.7. The molecule has 1 spiro atoms. The summed E-state index contributed by atoms with van der Waals surface area (Å²) in [5, 5.41) is 21.4. The van der Waals surface area contributed by atoms with Crippen LogP contribution in [-0.4, -0.2) is 124 Å². The van der Waals surface area contributed by atoms with E-state index in [1.807, 2.05) is 12.4 Å². The normalized spacial score (nSPS) is 19.9. The molecule has 2 fully saturated rings. The van der Waals surface area contributed by atoms with Gasteiger partial charge in [0.05, 0.1) is 19.8 Å². The highest BCUT2D eigenvalue weighted by atomic mass is 19.4. The molecule has 1 atom stereocenters. The molecular formula is C23H30F9N3O8. The lowest BCUT2D eigenvalue weighted by atomic mass is 10.0. The lowest BCUT2D eigenvalue weighted by Crippen LogP contribution is -2.59. The summed E-state index contributed by atoms with van der Waals surface area (Å²) in [4.78, 5) is 35.7. The van der Waals surface area contributed by atoms with E-state index in [1.165, 1.54) is 5.56 Å². The second-order valence-corrected chi connectivity index (χ2v) is 9.12. The average Bonchev–Trinajstić information content (AvgIpc) is 3.06. The van der Waals surface area contributed by atoms with Crippen LogP contribution in [-0.2, 0) is 30.4 Å². The molecule has 0 aliphatic carbocycles. The van der Waals surface area contributed by atoms with Gasteiger partial charge in [-0.3, -0.25) is 14.8 Å². The van der Waals surface area contributed by atoms with Gasteiger partial charge in [-0.2, -0.15) is 39.5 Å². The maximum absolute atomic E-state index is 10.6. The lowest BCUT2D eigenvalue weighted by Gasteiger charge is -2.44. The Morgan fingerprint density at radius 1 is 0.837 bits per heavy atom. The van der Waals surface area contributed by atoms with Crippen LogP contribution in [0, 0.1) is 0 Å². The van der Waals surface area contributed by atoms with Crippen molar-refractivity contribution in [1.82, 2.24) is 14.8 Å². The minimum atomic E-state index is -5.08. The molecule has 0 amide bonds. The predicted octanol–water partition coefficient (Wildman–Crippen LogP) is 3.29. The third kappa shape index (κ3) is 16.9. The summed E-state index contributed by atoms with van der Waals surface area (Å²) >= 11 is 0. The van der Waals surface area contributed by atoms with Crippen LogP contribution in [0.4, 0.5) is 39.5 Å². The summed E-state index contributed by atoms with van der Waals surface area (Å²) in [6.45, 7) is 11.6. The van der Waals surface area contributed by atoms with Crippen molar-refractivity contribution in [2.45, 2.75) is 50.6 Å². The van der Waals surface area contributed by atoms with E-state index in [0.29, 0.717) is 12.6 Å². The van der Waals surface area contributed by atoms with Gasteiger partial charge in [-0.05, 0) is 31.5 Å². The van der Waals surface area contributed by atoms with Crippen LogP contribution in [0.1, 0.15) is 19.4 Å². The maximum Gasteiger partial charge on any atom is 0.490 e. The fourth-order valence-electron chi connectivity index (χ4n) is 3.36. The summed E-state index contributed by atoms with van der Waals surface area (Å²) in [6, 6.07) is 4.70. The predicted molar refractivity (Wildman–Crippen MR) is 127 cm³/mol. The van der Waals surface area contributed by atoms with E-state index < -0.39 is 36.4 Å². The third-order valence-corrected chi connectivity index (χ3v) is 5.32. The van der Waals surface area contributed by atoms with Crippen LogP contribution < -0.4 is 0 Å². The fourth-order valence-corrected chi connectivity index (χ4v) is 3.36. The molecule has 0 bridgehead atoms. The van der Waals surface area contributed by atoms with Crippen LogP contribution in [0.25, 0.3) is 0 Å². The van der Waals surface area contributed by atoms with Gasteiger partial charge in [-0.15, -0.1) is 0 Å². The van der Waals surface area contributed by atoms with Gasteiger partial charge in [0.15, 0.2) is 0 Å². The molecule has 0 saturated carbocycles. The summed E-state index contributed by atoms with van der Waals surface area (Å²) in [7, 11) is 0. The van der Waals surface area contributed by atoms with Gasteiger partial charge in [0.25, 0.3) is 0 Å². The number of nitrogens with zero attached hydrogens (tertiary/aromatic N) is 3. The van der Waals surface area contributed by atoms with Crippen molar-refractivity contribution in [3.63, 3.8) is 0 Å². The number of hydrogen-bond donors (Lipinski definition) is 3. The Morgan fingerprint density at radius 2 is 1.28 bits per heavy atom. The number of halogens is 9. The highest BCUT2D eigenvalue weighted by molar-refractivity contribution is 5.73. The van der Waals surface area contributed by atoms with Gasteiger partial charge in [0.1, 0.15) is 5.60 Å². The molecule has 43 heavy (non-hydrogen) atoms. The minimum absolute atomic E-state index is 0.188. The summed E-state index contributed by atoms with van der Waals surface area (Å²) in [6.07, 6.45) is -11.5. The van der Waals surface area contributed by atoms with E-state index in [-0.39, 0.29) is 5.60 Å². The molecular weight excluding hydrogens is 617 g/mol. The SMILES string of the molecule is CC(C)N1CCOCC2(CN(Cc3ccncc3)CCO2)C1.O=C(O)C(F)(F)F.O=C(O)C(F)(F)F.O=C(O)C(F)(F)F. The van der Waals surface area contributed by atoms with Crippen molar-refractivity contribution < 1.29 is 78.7 Å². The van der Waals surface area contributed by atoms with Gasteiger partial charge in [0.2, 0.25) is 0 Å². The number of morpholine rings is 1. The van der Waals surface area contributed by atoms with Gasteiger partial charge < -0.3 is 24.8 Å². The standard InChI is InChI=1S/C17H27N3O2.3C2HF3O2/c1-15(2)20-8-9-21-14-17(13-20)12-19(7-10-22-17)11-16-3-5-18-6-4-16;3*3-2(4,5)1(6)7/h3-6,15H,7-14H2,1-2H3;3*(H,6,7). The number of carbonyl (C=O) groups is 3.